The number of ether oxygens (including phenoxy) is 2. The first-order valence-electron chi connectivity index (χ1n) is 8.79. The lowest BCUT2D eigenvalue weighted by Crippen LogP contribution is -2.16. The molecular weight excluding hydrogens is 380 g/mol. The number of anilines is 2. The molecule has 29 heavy (non-hydrogen) atoms. The van der Waals surface area contributed by atoms with Gasteiger partial charge in [-0.15, -0.1) is 0 Å². The SMILES string of the molecule is COc1ccc(OCCNc2cc(C(=O)Nc3c(F)cccc3F)ccn2)cc1. The Hall–Kier alpha value is -3.68. The maximum absolute atomic E-state index is 13.7. The van der Waals surface area contributed by atoms with Crippen LogP contribution < -0.4 is 20.1 Å². The van der Waals surface area contributed by atoms with E-state index in [0.717, 1.165) is 17.9 Å². The quantitative estimate of drug-likeness (QED) is 0.558. The highest BCUT2D eigenvalue weighted by atomic mass is 19.1. The van der Waals surface area contributed by atoms with E-state index in [9.17, 15) is 13.6 Å². The van der Waals surface area contributed by atoms with Crippen LogP contribution in [0.3, 0.4) is 0 Å². The first-order chi connectivity index (χ1) is 14.1. The predicted octanol–water partition coefficient (Wildman–Crippen LogP) is 4.11. The second-order valence-electron chi connectivity index (χ2n) is 5.93. The molecular formula is C21H19F2N3O3. The molecule has 2 aromatic carbocycles. The van der Waals surface area contributed by atoms with Crippen molar-refractivity contribution in [1.29, 1.82) is 0 Å². The summed E-state index contributed by atoms with van der Waals surface area (Å²) in [5.74, 6) is -0.465. The predicted molar refractivity (Wildman–Crippen MR) is 106 cm³/mol. The number of methoxy groups -OCH3 is 1. The lowest BCUT2D eigenvalue weighted by molar-refractivity contribution is 0.102. The Bertz CT molecular complexity index is 961. The standard InChI is InChI=1S/C21H19F2N3O3/c1-28-15-5-7-16(8-6-15)29-12-11-25-19-13-14(9-10-24-19)21(27)26-20-17(22)3-2-4-18(20)23/h2-10,13H,11-12H2,1H3,(H,24,25)(H,26,27). The lowest BCUT2D eigenvalue weighted by Gasteiger charge is -2.10. The fourth-order valence-electron chi connectivity index (χ4n) is 2.49. The van der Waals surface area contributed by atoms with E-state index in [0.29, 0.717) is 24.7 Å². The normalized spacial score (nSPS) is 10.3. The Kier molecular flexibility index (Phi) is 6.57. The highest BCUT2D eigenvalue weighted by Crippen LogP contribution is 2.20. The van der Waals surface area contributed by atoms with Crippen molar-refractivity contribution in [3.63, 3.8) is 0 Å². The highest BCUT2D eigenvalue weighted by Gasteiger charge is 2.14. The van der Waals surface area contributed by atoms with Gasteiger partial charge < -0.3 is 20.1 Å². The molecule has 0 aliphatic heterocycles. The molecule has 0 fully saturated rings. The summed E-state index contributed by atoms with van der Waals surface area (Å²) in [6.45, 7) is 0.802. The number of amides is 1. The Morgan fingerprint density at radius 1 is 1.03 bits per heavy atom. The van der Waals surface area contributed by atoms with Crippen LogP contribution in [0, 0.1) is 11.6 Å². The largest absolute Gasteiger partial charge is 0.497 e. The van der Waals surface area contributed by atoms with E-state index in [1.54, 1.807) is 31.4 Å². The second-order valence-corrected chi connectivity index (χ2v) is 5.93. The van der Waals surface area contributed by atoms with E-state index in [1.165, 1.54) is 24.4 Å². The van der Waals surface area contributed by atoms with Gasteiger partial charge in [-0.05, 0) is 48.5 Å². The zero-order chi connectivity index (χ0) is 20.6. The minimum Gasteiger partial charge on any atom is -0.497 e. The molecule has 8 heteroatoms. The summed E-state index contributed by atoms with van der Waals surface area (Å²) in [6, 6.07) is 13.5. The van der Waals surface area contributed by atoms with Gasteiger partial charge >= 0.3 is 0 Å². The minimum atomic E-state index is -0.846. The number of nitrogens with zero attached hydrogens (tertiary/aromatic N) is 1. The molecule has 0 saturated heterocycles. The molecule has 0 radical (unpaired) electrons. The van der Waals surface area contributed by atoms with Crippen LogP contribution in [0.2, 0.25) is 0 Å². The minimum absolute atomic E-state index is 0.209. The van der Waals surface area contributed by atoms with Gasteiger partial charge in [0.1, 0.15) is 41.2 Å². The van der Waals surface area contributed by atoms with Crippen molar-refractivity contribution in [3.05, 3.63) is 78.0 Å². The van der Waals surface area contributed by atoms with Crippen LogP contribution in [-0.4, -0.2) is 31.2 Å². The number of nitrogens with one attached hydrogen (secondary N) is 2. The molecule has 6 nitrogen and oxygen atoms in total. The number of aromatic nitrogens is 1. The summed E-state index contributed by atoms with van der Waals surface area (Å²) in [6.07, 6.45) is 1.43. The molecule has 0 aliphatic carbocycles. The van der Waals surface area contributed by atoms with Gasteiger partial charge in [0.15, 0.2) is 0 Å². The summed E-state index contributed by atoms with van der Waals surface area (Å²) in [4.78, 5) is 16.4. The van der Waals surface area contributed by atoms with Crippen molar-refractivity contribution in [2.24, 2.45) is 0 Å². The number of hydrogen-bond donors (Lipinski definition) is 2. The molecule has 1 heterocycles. The maximum Gasteiger partial charge on any atom is 0.256 e. The van der Waals surface area contributed by atoms with Gasteiger partial charge in [0, 0.05) is 11.8 Å². The van der Waals surface area contributed by atoms with Crippen molar-refractivity contribution >= 4 is 17.4 Å². The summed E-state index contributed by atoms with van der Waals surface area (Å²) in [7, 11) is 1.59. The van der Waals surface area contributed by atoms with Crippen LogP contribution in [0.4, 0.5) is 20.3 Å². The average Bonchev–Trinajstić information content (AvgIpc) is 2.74. The topological polar surface area (TPSA) is 72.5 Å². The van der Waals surface area contributed by atoms with Crippen molar-refractivity contribution in [3.8, 4) is 11.5 Å². The van der Waals surface area contributed by atoms with E-state index in [2.05, 4.69) is 15.6 Å². The van der Waals surface area contributed by atoms with E-state index >= 15 is 0 Å². The third-order valence-electron chi connectivity index (χ3n) is 3.96. The van der Waals surface area contributed by atoms with E-state index < -0.39 is 23.2 Å². The number of carbonyl (C=O) groups is 1. The van der Waals surface area contributed by atoms with Crippen molar-refractivity contribution in [1.82, 2.24) is 4.98 Å². The molecule has 3 rings (SSSR count). The number of para-hydroxylation sites is 1. The zero-order valence-electron chi connectivity index (χ0n) is 15.6. The van der Waals surface area contributed by atoms with Crippen molar-refractivity contribution in [2.45, 2.75) is 0 Å². The van der Waals surface area contributed by atoms with Gasteiger partial charge in [-0.1, -0.05) is 6.07 Å². The first kappa shape index (κ1) is 20.1. The molecule has 0 unspecified atom stereocenters. The molecule has 1 aromatic heterocycles. The molecule has 3 aromatic rings. The van der Waals surface area contributed by atoms with Gasteiger partial charge in [0.25, 0.3) is 5.91 Å². The third kappa shape index (κ3) is 5.41. The van der Waals surface area contributed by atoms with Crippen LogP contribution in [0.1, 0.15) is 10.4 Å². The van der Waals surface area contributed by atoms with Gasteiger partial charge in [-0.25, -0.2) is 13.8 Å². The average molecular weight is 399 g/mol. The van der Waals surface area contributed by atoms with Crippen LogP contribution in [0.5, 0.6) is 11.5 Å². The molecule has 150 valence electrons. The summed E-state index contributed by atoms with van der Waals surface area (Å²) < 4.78 is 38.1. The molecule has 1 amide bonds. The number of halogens is 2. The van der Waals surface area contributed by atoms with Crippen LogP contribution in [0.25, 0.3) is 0 Å². The van der Waals surface area contributed by atoms with E-state index in [4.69, 9.17) is 9.47 Å². The van der Waals surface area contributed by atoms with Gasteiger partial charge in [0.2, 0.25) is 0 Å². The zero-order valence-corrected chi connectivity index (χ0v) is 15.6. The van der Waals surface area contributed by atoms with E-state index in [1.807, 2.05) is 0 Å². The summed E-state index contributed by atoms with van der Waals surface area (Å²) in [5, 5.41) is 5.27. The second kappa shape index (κ2) is 9.50. The van der Waals surface area contributed by atoms with Crippen LogP contribution >= 0.6 is 0 Å². The maximum atomic E-state index is 13.7. The summed E-state index contributed by atoms with van der Waals surface area (Å²) in [5.41, 5.74) is -0.280. The molecule has 0 atom stereocenters. The van der Waals surface area contributed by atoms with Crippen LogP contribution in [-0.2, 0) is 0 Å². The number of benzene rings is 2. The smallest absolute Gasteiger partial charge is 0.256 e. The number of hydrogen-bond acceptors (Lipinski definition) is 5. The molecule has 0 bridgehead atoms. The van der Waals surface area contributed by atoms with Gasteiger partial charge in [-0.3, -0.25) is 4.79 Å². The van der Waals surface area contributed by atoms with Crippen LogP contribution in [0.15, 0.2) is 60.8 Å². The Morgan fingerprint density at radius 2 is 1.72 bits per heavy atom. The fraction of sp³-hybridized carbons (Fsp3) is 0.143. The Labute approximate surface area is 166 Å². The highest BCUT2D eigenvalue weighted by molar-refractivity contribution is 6.04. The van der Waals surface area contributed by atoms with Crippen molar-refractivity contribution < 1.29 is 23.0 Å². The van der Waals surface area contributed by atoms with Crippen molar-refractivity contribution in [2.75, 3.05) is 30.9 Å². The molecule has 2 N–H and O–H groups in total. The first-order valence-corrected chi connectivity index (χ1v) is 8.79. The fourth-order valence-corrected chi connectivity index (χ4v) is 2.49. The third-order valence-corrected chi connectivity index (χ3v) is 3.96. The summed E-state index contributed by atoms with van der Waals surface area (Å²) >= 11 is 0. The number of pyridine rings is 1. The van der Waals surface area contributed by atoms with Gasteiger partial charge in [0.05, 0.1) is 13.7 Å². The monoisotopic (exact) mass is 399 g/mol. The number of rotatable bonds is 8. The Morgan fingerprint density at radius 3 is 2.41 bits per heavy atom. The molecule has 0 spiro atoms. The van der Waals surface area contributed by atoms with Gasteiger partial charge in [-0.2, -0.15) is 0 Å². The molecule has 0 saturated carbocycles. The molecule has 0 aliphatic rings. The Balaban J connectivity index is 1.54. The number of carbonyl (C=O) groups excluding carboxylic acids is 1. The van der Waals surface area contributed by atoms with E-state index in [-0.39, 0.29) is 5.56 Å². The lowest BCUT2D eigenvalue weighted by atomic mass is 10.2.